The third kappa shape index (κ3) is 3.08. The Morgan fingerprint density at radius 2 is 1.91 bits per heavy atom. The van der Waals surface area contributed by atoms with Gasteiger partial charge in [-0.15, -0.1) is 0 Å². The molecule has 1 aromatic heterocycles. The number of hydrogen-bond acceptors (Lipinski definition) is 3. The first-order valence-corrected chi connectivity index (χ1v) is 7.20. The number of hydrogen-bond donors (Lipinski definition) is 1. The van der Waals surface area contributed by atoms with E-state index in [-0.39, 0.29) is 5.91 Å². The summed E-state index contributed by atoms with van der Waals surface area (Å²) in [5.74, 6) is 0.449. The average Bonchev–Trinajstić information content (AvgIpc) is 2.91. The molecule has 3 aromatic rings. The minimum Gasteiger partial charge on any atom is -0.497 e. The van der Waals surface area contributed by atoms with E-state index < -0.39 is 0 Å². The molecule has 0 spiro atoms. The van der Waals surface area contributed by atoms with E-state index in [1.807, 2.05) is 42.1 Å². The van der Waals surface area contributed by atoms with Crippen molar-refractivity contribution >= 4 is 23.0 Å². The normalized spacial score (nSPS) is 11.0. The van der Waals surface area contributed by atoms with Crippen LogP contribution in [-0.4, -0.2) is 23.8 Å². The van der Waals surface area contributed by atoms with Gasteiger partial charge in [-0.3, -0.25) is 4.79 Å². The number of amides is 1. The van der Waals surface area contributed by atoms with Crippen molar-refractivity contribution in [2.75, 3.05) is 7.11 Å². The van der Waals surface area contributed by atoms with Gasteiger partial charge in [-0.25, -0.2) is 5.43 Å². The number of para-hydroxylation sites is 1. The van der Waals surface area contributed by atoms with Crippen molar-refractivity contribution < 1.29 is 9.53 Å². The molecule has 0 aliphatic heterocycles. The van der Waals surface area contributed by atoms with Crippen LogP contribution in [0, 0.1) is 0 Å². The van der Waals surface area contributed by atoms with E-state index >= 15 is 0 Å². The van der Waals surface area contributed by atoms with Gasteiger partial charge in [-0.05, 0) is 30.3 Å². The molecule has 0 unspecified atom stereocenters. The number of carbonyl (C=O) groups excluding carboxylic acids is 1. The number of carbonyl (C=O) groups is 1. The fourth-order valence-electron chi connectivity index (χ4n) is 2.44. The molecule has 23 heavy (non-hydrogen) atoms. The molecule has 0 bridgehead atoms. The second kappa shape index (κ2) is 6.36. The Morgan fingerprint density at radius 1 is 1.17 bits per heavy atom. The van der Waals surface area contributed by atoms with Crippen LogP contribution >= 0.6 is 0 Å². The van der Waals surface area contributed by atoms with Crippen molar-refractivity contribution in [1.29, 1.82) is 0 Å². The van der Waals surface area contributed by atoms with Crippen molar-refractivity contribution in [3.8, 4) is 5.75 Å². The Balaban J connectivity index is 1.73. The van der Waals surface area contributed by atoms with E-state index in [9.17, 15) is 4.79 Å². The number of nitrogens with zero attached hydrogens (tertiary/aromatic N) is 2. The molecule has 3 rings (SSSR count). The third-order valence-electron chi connectivity index (χ3n) is 3.65. The van der Waals surface area contributed by atoms with Gasteiger partial charge in [0, 0.05) is 35.3 Å². The van der Waals surface area contributed by atoms with E-state index in [1.54, 1.807) is 37.6 Å². The summed E-state index contributed by atoms with van der Waals surface area (Å²) in [5, 5.41) is 5.15. The molecule has 0 fully saturated rings. The van der Waals surface area contributed by atoms with Crippen molar-refractivity contribution in [3.63, 3.8) is 0 Å². The molecule has 1 heterocycles. The quantitative estimate of drug-likeness (QED) is 0.595. The molecule has 0 aliphatic carbocycles. The van der Waals surface area contributed by atoms with Crippen LogP contribution in [0.1, 0.15) is 15.9 Å². The Labute approximate surface area is 134 Å². The molecule has 116 valence electrons. The van der Waals surface area contributed by atoms with Crippen molar-refractivity contribution in [2.24, 2.45) is 12.1 Å². The summed E-state index contributed by atoms with van der Waals surface area (Å²) in [4.78, 5) is 12.0. The maximum absolute atomic E-state index is 12.0. The number of hydrazone groups is 1. The monoisotopic (exact) mass is 307 g/mol. The van der Waals surface area contributed by atoms with Gasteiger partial charge in [0.2, 0.25) is 0 Å². The molecule has 0 saturated carbocycles. The number of aryl methyl sites for hydroxylation is 1. The van der Waals surface area contributed by atoms with Crippen molar-refractivity contribution in [1.82, 2.24) is 9.99 Å². The van der Waals surface area contributed by atoms with Crippen molar-refractivity contribution in [2.45, 2.75) is 0 Å². The fourth-order valence-corrected chi connectivity index (χ4v) is 2.44. The van der Waals surface area contributed by atoms with E-state index in [1.165, 1.54) is 0 Å². The predicted octanol–water partition coefficient (Wildman–Crippen LogP) is 2.95. The van der Waals surface area contributed by atoms with Gasteiger partial charge in [0.15, 0.2) is 0 Å². The predicted molar refractivity (Wildman–Crippen MR) is 91.0 cm³/mol. The summed E-state index contributed by atoms with van der Waals surface area (Å²) in [6.07, 6.45) is 3.64. The number of fused-ring (bicyclic) bond motifs is 1. The van der Waals surface area contributed by atoms with E-state index in [0.29, 0.717) is 11.3 Å². The minimum absolute atomic E-state index is 0.260. The molecule has 0 aliphatic rings. The van der Waals surface area contributed by atoms with Crippen LogP contribution in [-0.2, 0) is 7.05 Å². The smallest absolute Gasteiger partial charge is 0.271 e. The lowest BCUT2D eigenvalue weighted by Gasteiger charge is -2.01. The Hall–Kier alpha value is -3.08. The number of rotatable bonds is 4. The standard InChI is InChI=1S/C18H17N3O2/c1-21-12-14(16-5-3-4-6-17(16)21)11-19-20-18(22)13-7-9-15(23-2)10-8-13/h3-12H,1-2H3,(H,20,22)/b19-11-. The number of benzene rings is 2. The van der Waals surface area contributed by atoms with Crippen LogP contribution < -0.4 is 10.2 Å². The molecule has 2 aromatic carbocycles. The van der Waals surface area contributed by atoms with Crippen LogP contribution in [0.15, 0.2) is 59.8 Å². The Bertz CT molecular complexity index is 864. The zero-order valence-corrected chi connectivity index (χ0v) is 13.0. The SMILES string of the molecule is COc1ccc(C(=O)N/N=C\c2cn(C)c3ccccc23)cc1. The number of aromatic nitrogens is 1. The zero-order chi connectivity index (χ0) is 16.2. The first-order valence-electron chi connectivity index (χ1n) is 7.20. The topological polar surface area (TPSA) is 55.6 Å². The lowest BCUT2D eigenvalue weighted by Crippen LogP contribution is -2.17. The summed E-state index contributed by atoms with van der Waals surface area (Å²) >= 11 is 0. The molecule has 5 nitrogen and oxygen atoms in total. The summed E-state index contributed by atoms with van der Waals surface area (Å²) in [6, 6.07) is 14.9. The zero-order valence-electron chi connectivity index (χ0n) is 13.0. The number of nitrogens with one attached hydrogen (secondary N) is 1. The molecular formula is C18H17N3O2. The van der Waals surface area contributed by atoms with Gasteiger partial charge in [-0.2, -0.15) is 5.10 Å². The molecule has 0 saturated heterocycles. The molecule has 0 atom stereocenters. The minimum atomic E-state index is -0.260. The first kappa shape index (κ1) is 14.8. The second-order valence-electron chi connectivity index (χ2n) is 5.14. The van der Waals surface area contributed by atoms with Crippen LogP contribution in [0.3, 0.4) is 0 Å². The summed E-state index contributed by atoms with van der Waals surface area (Å²) in [7, 11) is 3.57. The molecule has 5 heteroatoms. The highest BCUT2D eigenvalue weighted by Crippen LogP contribution is 2.18. The van der Waals surface area contributed by atoms with E-state index in [2.05, 4.69) is 10.5 Å². The van der Waals surface area contributed by atoms with Crippen LogP contribution in [0.2, 0.25) is 0 Å². The summed E-state index contributed by atoms with van der Waals surface area (Å²) in [6.45, 7) is 0. The third-order valence-corrected chi connectivity index (χ3v) is 3.65. The van der Waals surface area contributed by atoms with E-state index in [4.69, 9.17) is 4.74 Å². The fraction of sp³-hybridized carbons (Fsp3) is 0.111. The molecule has 1 N–H and O–H groups in total. The maximum Gasteiger partial charge on any atom is 0.271 e. The van der Waals surface area contributed by atoms with Crippen LogP contribution in [0.5, 0.6) is 5.75 Å². The maximum atomic E-state index is 12.0. The van der Waals surface area contributed by atoms with Gasteiger partial charge in [-0.1, -0.05) is 18.2 Å². The Morgan fingerprint density at radius 3 is 2.65 bits per heavy atom. The number of methoxy groups -OCH3 is 1. The molecule has 0 radical (unpaired) electrons. The number of ether oxygens (including phenoxy) is 1. The lowest BCUT2D eigenvalue weighted by molar-refractivity contribution is 0.0955. The van der Waals surface area contributed by atoms with Gasteiger partial charge >= 0.3 is 0 Å². The highest BCUT2D eigenvalue weighted by Gasteiger charge is 2.05. The van der Waals surface area contributed by atoms with Crippen molar-refractivity contribution in [3.05, 3.63) is 65.9 Å². The largest absolute Gasteiger partial charge is 0.497 e. The van der Waals surface area contributed by atoms with Crippen LogP contribution in [0.4, 0.5) is 0 Å². The van der Waals surface area contributed by atoms with Gasteiger partial charge in [0.1, 0.15) is 5.75 Å². The average molecular weight is 307 g/mol. The van der Waals surface area contributed by atoms with Crippen LogP contribution in [0.25, 0.3) is 10.9 Å². The van der Waals surface area contributed by atoms with Gasteiger partial charge in [0.05, 0.1) is 13.3 Å². The van der Waals surface area contributed by atoms with Gasteiger partial charge in [0.25, 0.3) is 5.91 Å². The summed E-state index contributed by atoms with van der Waals surface area (Å²) in [5.41, 5.74) is 5.15. The molecular weight excluding hydrogens is 290 g/mol. The first-order chi connectivity index (χ1) is 11.2. The lowest BCUT2D eigenvalue weighted by atomic mass is 10.2. The highest BCUT2D eigenvalue weighted by atomic mass is 16.5. The second-order valence-corrected chi connectivity index (χ2v) is 5.14. The van der Waals surface area contributed by atoms with E-state index in [0.717, 1.165) is 16.5 Å². The van der Waals surface area contributed by atoms with Gasteiger partial charge < -0.3 is 9.30 Å². The summed E-state index contributed by atoms with van der Waals surface area (Å²) < 4.78 is 7.10. The highest BCUT2D eigenvalue weighted by molar-refractivity contribution is 6.00. The molecule has 1 amide bonds. The Kier molecular flexibility index (Phi) is 4.10.